The fourth-order valence-corrected chi connectivity index (χ4v) is 3.37. The summed E-state index contributed by atoms with van der Waals surface area (Å²) in [5, 5.41) is 1.41. The Bertz CT molecular complexity index is 746. The molecule has 28 heavy (non-hydrogen) atoms. The first-order valence-electron chi connectivity index (χ1n) is 9.48. The third-order valence-electron chi connectivity index (χ3n) is 4.81. The third kappa shape index (κ3) is 4.44. The van der Waals surface area contributed by atoms with Crippen LogP contribution >= 0.6 is 0 Å². The van der Waals surface area contributed by atoms with Crippen molar-refractivity contribution in [2.24, 2.45) is 0 Å². The second-order valence-electron chi connectivity index (χ2n) is 8.13. The van der Waals surface area contributed by atoms with Gasteiger partial charge in [-0.1, -0.05) is 18.2 Å². The van der Waals surface area contributed by atoms with Gasteiger partial charge in [0.2, 0.25) is 5.91 Å². The summed E-state index contributed by atoms with van der Waals surface area (Å²) in [6.45, 7) is 8.71. The Balaban J connectivity index is 1.67. The highest BCUT2D eigenvalue weighted by Gasteiger charge is 2.44. The predicted octanol–water partition coefficient (Wildman–Crippen LogP) is 1.91. The average Bonchev–Trinajstić information content (AvgIpc) is 2.64. The van der Waals surface area contributed by atoms with Gasteiger partial charge >= 0.3 is 12.1 Å². The minimum atomic E-state index is -0.581. The highest BCUT2D eigenvalue weighted by molar-refractivity contribution is 5.89. The molecule has 0 saturated carbocycles. The van der Waals surface area contributed by atoms with Crippen molar-refractivity contribution in [2.75, 3.05) is 26.2 Å². The third-order valence-corrected chi connectivity index (χ3v) is 4.81. The molecule has 0 bridgehead atoms. The average molecular weight is 389 g/mol. The molecule has 2 aliphatic rings. The zero-order chi connectivity index (χ0) is 20.5. The van der Waals surface area contributed by atoms with Crippen LogP contribution in [0.25, 0.3) is 0 Å². The van der Waals surface area contributed by atoms with Gasteiger partial charge in [-0.15, -0.1) is 5.06 Å². The van der Waals surface area contributed by atoms with Gasteiger partial charge in [-0.25, -0.2) is 9.59 Å². The van der Waals surface area contributed by atoms with Crippen LogP contribution in [-0.4, -0.2) is 76.7 Å². The van der Waals surface area contributed by atoms with Gasteiger partial charge in [0.1, 0.15) is 11.6 Å². The first kappa shape index (κ1) is 20.1. The lowest BCUT2D eigenvalue weighted by atomic mass is 10.1. The van der Waals surface area contributed by atoms with Crippen LogP contribution in [0.4, 0.5) is 4.79 Å². The normalized spacial score (nSPS) is 23.2. The smallest absolute Gasteiger partial charge is 0.410 e. The Hall–Kier alpha value is -2.61. The number of hydrogen-bond acceptors (Lipinski definition) is 6. The molecule has 2 atom stereocenters. The van der Waals surface area contributed by atoms with E-state index in [-0.39, 0.29) is 11.9 Å². The van der Waals surface area contributed by atoms with Crippen LogP contribution in [0.1, 0.15) is 38.1 Å². The van der Waals surface area contributed by atoms with Crippen LogP contribution in [0, 0.1) is 0 Å². The highest BCUT2D eigenvalue weighted by Crippen LogP contribution is 2.23. The molecule has 2 amide bonds. The number of carbonyl (C=O) groups is 3. The van der Waals surface area contributed by atoms with E-state index in [4.69, 9.17) is 9.57 Å². The molecule has 1 aromatic rings. The van der Waals surface area contributed by atoms with Crippen LogP contribution in [0.5, 0.6) is 0 Å². The largest absolute Gasteiger partial charge is 0.444 e. The van der Waals surface area contributed by atoms with Gasteiger partial charge in [0, 0.05) is 19.6 Å². The molecule has 0 radical (unpaired) electrons. The number of carbonyl (C=O) groups excluding carboxylic acids is 3. The Morgan fingerprint density at radius 3 is 2.39 bits per heavy atom. The number of ether oxygens (including phenoxy) is 1. The molecule has 1 aromatic carbocycles. The number of nitrogens with zero attached hydrogens (tertiary/aromatic N) is 3. The van der Waals surface area contributed by atoms with Crippen LogP contribution in [0.2, 0.25) is 0 Å². The van der Waals surface area contributed by atoms with Crippen molar-refractivity contribution in [2.45, 2.75) is 45.4 Å². The summed E-state index contributed by atoms with van der Waals surface area (Å²) in [5.41, 5.74) is -0.161. The van der Waals surface area contributed by atoms with Crippen LogP contribution in [0.15, 0.2) is 30.3 Å². The summed E-state index contributed by atoms with van der Waals surface area (Å²) in [6, 6.07) is 7.82. The van der Waals surface area contributed by atoms with Crippen molar-refractivity contribution in [3.05, 3.63) is 35.9 Å². The van der Waals surface area contributed by atoms with E-state index in [9.17, 15) is 14.4 Å². The molecule has 2 fully saturated rings. The van der Waals surface area contributed by atoms with E-state index in [1.165, 1.54) is 5.06 Å². The van der Waals surface area contributed by atoms with Gasteiger partial charge < -0.3 is 19.4 Å². The molecule has 2 heterocycles. The van der Waals surface area contributed by atoms with E-state index in [0.29, 0.717) is 31.7 Å². The number of rotatable bonds is 2. The Morgan fingerprint density at radius 1 is 1.07 bits per heavy atom. The number of fused-ring (bicyclic) bond motifs is 1. The van der Waals surface area contributed by atoms with Crippen molar-refractivity contribution in [1.82, 2.24) is 14.9 Å². The molecule has 3 rings (SSSR count). The molecule has 0 spiro atoms. The predicted molar refractivity (Wildman–Crippen MR) is 101 cm³/mol. The minimum absolute atomic E-state index is 0.110. The molecular weight excluding hydrogens is 362 g/mol. The maximum atomic E-state index is 12.8. The molecule has 2 saturated heterocycles. The van der Waals surface area contributed by atoms with E-state index in [2.05, 4.69) is 0 Å². The van der Waals surface area contributed by atoms with Gasteiger partial charge in [0.25, 0.3) is 0 Å². The standard InChI is InChI=1S/C20H27N3O5/c1-14-17(24)22-11-10-21(19(26)27-20(2,3)4)12-16(22)13-23(14)28-18(25)15-8-6-5-7-9-15/h5-9,14,16H,10-13H2,1-4H3/t14-,16+/m1/s1. The summed E-state index contributed by atoms with van der Waals surface area (Å²) < 4.78 is 5.44. The monoisotopic (exact) mass is 389 g/mol. The van der Waals surface area contributed by atoms with Crippen molar-refractivity contribution in [1.29, 1.82) is 0 Å². The summed E-state index contributed by atoms with van der Waals surface area (Å²) in [5.74, 6) is -0.616. The molecule has 0 aliphatic carbocycles. The Kier molecular flexibility index (Phi) is 5.60. The molecular formula is C20H27N3O5. The first-order chi connectivity index (χ1) is 13.2. The zero-order valence-corrected chi connectivity index (χ0v) is 16.8. The Morgan fingerprint density at radius 2 is 1.75 bits per heavy atom. The highest BCUT2D eigenvalue weighted by atomic mass is 16.7. The fourth-order valence-electron chi connectivity index (χ4n) is 3.37. The van der Waals surface area contributed by atoms with Crippen molar-refractivity contribution < 1.29 is 24.0 Å². The lowest BCUT2D eigenvalue weighted by molar-refractivity contribution is -0.191. The van der Waals surface area contributed by atoms with Gasteiger partial charge in [-0.05, 0) is 39.8 Å². The van der Waals surface area contributed by atoms with E-state index < -0.39 is 23.7 Å². The molecule has 0 aromatic heterocycles. The van der Waals surface area contributed by atoms with Gasteiger partial charge in [-0.3, -0.25) is 4.79 Å². The van der Waals surface area contributed by atoms with Gasteiger partial charge in [-0.2, -0.15) is 0 Å². The molecule has 8 heteroatoms. The zero-order valence-electron chi connectivity index (χ0n) is 16.8. The molecule has 0 N–H and O–H groups in total. The summed E-state index contributed by atoms with van der Waals surface area (Å²) >= 11 is 0. The summed E-state index contributed by atoms with van der Waals surface area (Å²) in [6.07, 6.45) is -0.397. The lowest BCUT2D eigenvalue weighted by Gasteiger charge is -2.48. The van der Waals surface area contributed by atoms with Crippen molar-refractivity contribution in [3.63, 3.8) is 0 Å². The molecule has 2 aliphatic heterocycles. The van der Waals surface area contributed by atoms with Crippen molar-refractivity contribution in [3.8, 4) is 0 Å². The molecule has 0 unspecified atom stereocenters. The number of hydroxylamine groups is 2. The van der Waals surface area contributed by atoms with Crippen LogP contribution in [-0.2, 0) is 14.4 Å². The van der Waals surface area contributed by atoms with Crippen molar-refractivity contribution >= 4 is 18.0 Å². The maximum absolute atomic E-state index is 12.8. The first-order valence-corrected chi connectivity index (χ1v) is 9.48. The maximum Gasteiger partial charge on any atom is 0.410 e. The summed E-state index contributed by atoms with van der Waals surface area (Å²) in [4.78, 5) is 46.4. The number of hydrogen-bond donors (Lipinski definition) is 0. The summed E-state index contributed by atoms with van der Waals surface area (Å²) in [7, 11) is 0. The SMILES string of the molecule is C[C@@H]1C(=O)N2CCN(C(=O)OC(C)(C)C)C[C@H]2CN1OC(=O)c1ccccc1. The minimum Gasteiger partial charge on any atom is -0.444 e. The quantitative estimate of drug-likeness (QED) is 0.769. The lowest BCUT2D eigenvalue weighted by Crippen LogP contribution is -2.67. The number of benzene rings is 1. The Labute approximate surface area is 164 Å². The second kappa shape index (κ2) is 7.79. The number of amides is 2. The van der Waals surface area contributed by atoms with Gasteiger partial charge in [0.05, 0.1) is 18.2 Å². The second-order valence-corrected chi connectivity index (χ2v) is 8.13. The number of piperazine rings is 2. The van der Waals surface area contributed by atoms with Gasteiger partial charge in [0.15, 0.2) is 0 Å². The van der Waals surface area contributed by atoms with E-state index in [1.807, 2.05) is 26.8 Å². The van der Waals surface area contributed by atoms with E-state index in [1.54, 1.807) is 41.0 Å². The molecule has 152 valence electrons. The molecule has 8 nitrogen and oxygen atoms in total. The van der Waals surface area contributed by atoms with Crippen LogP contribution < -0.4 is 0 Å². The van der Waals surface area contributed by atoms with E-state index >= 15 is 0 Å². The fraction of sp³-hybridized carbons (Fsp3) is 0.550. The van der Waals surface area contributed by atoms with Crippen LogP contribution in [0.3, 0.4) is 0 Å². The van der Waals surface area contributed by atoms with E-state index in [0.717, 1.165) is 0 Å². The topological polar surface area (TPSA) is 79.4 Å².